The largest absolute Gasteiger partial charge is 0.481 e. The summed E-state index contributed by atoms with van der Waals surface area (Å²) in [6.45, 7) is 10.4. The highest BCUT2D eigenvalue weighted by Crippen LogP contribution is 2.30. The van der Waals surface area contributed by atoms with E-state index in [2.05, 4.69) is 39.8 Å². The number of thioether (sulfide) groups is 1. The minimum atomic E-state index is -0.673. The van der Waals surface area contributed by atoms with Crippen LogP contribution in [0.25, 0.3) is 0 Å². The fourth-order valence-electron chi connectivity index (χ4n) is 3.77. The zero-order valence-electron chi connectivity index (χ0n) is 22.6. The summed E-state index contributed by atoms with van der Waals surface area (Å²) in [6, 6.07) is 0. The average molecular weight is 500 g/mol. The molecule has 0 bridgehead atoms. The Labute approximate surface area is 214 Å². The molecule has 5 nitrogen and oxygen atoms in total. The van der Waals surface area contributed by atoms with Gasteiger partial charge >= 0.3 is 5.97 Å². The van der Waals surface area contributed by atoms with Crippen LogP contribution in [0.4, 0.5) is 4.79 Å². The summed E-state index contributed by atoms with van der Waals surface area (Å²) in [5.74, 6) is 0.274. The summed E-state index contributed by atoms with van der Waals surface area (Å²) in [4.78, 5) is 23.9. The molecule has 1 rings (SSSR count). The van der Waals surface area contributed by atoms with Crippen molar-refractivity contribution >= 4 is 23.0 Å². The Morgan fingerprint density at radius 1 is 0.824 bits per heavy atom. The van der Waals surface area contributed by atoms with Gasteiger partial charge in [0.2, 0.25) is 0 Å². The van der Waals surface area contributed by atoms with Crippen molar-refractivity contribution in [1.29, 1.82) is 0 Å². The van der Waals surface area contributed by atoms with Crippen molar-refractivity contribution < 1.29 is 19.4 Å². The first kappa shape index (κ1) is 33.0. The number of amides is 1. The summed E-state index contributed by atoms with van der Waals surface area (Å²) >= 11 is 1.45. The maximum atomic E-state index is 11.6. The topological polar surface area (TPSA) is 70.1 Å². The maximum absolute atomic E-state index is 11.6. The summed E-state index contributed by atoms with van der Waals surface area (Å²) in [5.41, 5.74) is 0. The molecular weight excluding hydrogens is 446 g/mol. The Morgan fingerprint density at radius 2 is 1.50 bits per heavy atom. The van der Waals surface area contributed by atoms with Gasteiger partial charge in [0.25, 0.3) is 5.24 Å². The molecule has 1 aliphatic heterocycles. The molecule has 1 N–H and O–H groups in total. The van der Waals surface area contributed by atoms with E-state index in [-0.39, 0.29) is 5.24 Å². The van der Waals surface area contributed by atoms with Gasteiger partial charge in [-0.1, -0.05) is 90.1 Å². The number of carbonyl (C=O) groups excluding carboxylic acids is 1. The van der Waals surface area contributed by atoms with Crippen LogP contribution < -0.4 is 0 Å². The number of ether oxygens (including phenoxy) is 1. The second kappa shape index (κ2) is 23.7. The van der Waals surface area contributed by atoms with Crippen LogP contribution in [0.5, 0.6) is 0 Å². The van der Waals surface area contributed by atoms with E-state index in [1.165, 1.54) is 50.3 Å². The number of carbonyl (C=O) groups is 2. The molecule has 34 heavy (non-hydrogen) atoms. The van der Waals surface area contributed by atoms with Crippen LogP contribution in [0.1, 0.15) is 124 Å². The summed E-state index contributed by atoms with van der Waals surface area (Å²) < 4.78 is 5.66. The highest BCUT2D eigenvalue weighted by Gasteiger charge is 2.36. The van der Waals surface area contributed by atoms with E-state index in [1.807, 2.05) is 4.90 Å². The van der Waals surface area contributed by atoms with Crippen molar-refractivity contribution in [2.45, 2.75) is 136 Å². The molecule has 0 aromatic heterocycles. The fourth-order valence-corrected chi connectivity index (χ4v) is 4.51. The Balaban J connectivity index is 0.000000722. The van der Waals surface area contributed by atoms with E-state index in [0.717, 1.165) is 70.2 Å². The van der Waals surface area contributed by atoms with Crippen molar-refractivity contribution in [3.63, 3.8) is 0 Å². The molecule has 1 heterocycles. The quantitative estimate of drug-likeness (QED) is 0.103. The molecule has 0 aromatic rings. The Bertz CT molecular complexity index is 521. The number of epoxide rings is 1. The van der Waals surface area contributed by atoms with Crippen LogP contribution in [-0.2, 0) is 9.53 Å². The van der Waals surface area contributed by atoms with E-state index < -0.39 is 5.97 Å². The highest BCUT2D eigenvalue weighted by atomic mass is 32.2. The van der Waals surface area contributed by atoms with Crippen molar-refractivity contribution in [3.05, 3.63) is 12.2 Å². The normalized spacial score (nSPS) is 16.8. The van der Waals surface area contributed by atoms with Gasteiger partial charge in [-0.15, -0.1) is 0 Å². The predicted molar refractivity (Wildman–Crippen MR) is 147 cm³/mol. The van der Waals surface area contributed by atoms with Crippen LogP contribution in [0.2, 0.25) is 0 Å². The number of carboxylic acid groups (broad SMARTS) is 1. The molecule has 0 saturated carbocycles. The molecule has 1 amide bonds. The zero-order valence-corrected chi connectivity index (χ0v) is 23.4. The lowest BCUT2D eigenvalue weighted by molar-refractivity contribution is -0.137. The van der Waals surface area contributed by atoms with Gasteiger partial charge in [-0.25, -0.2) is 0 Å². The highest BCUT2D eigenvalue weighted by molar-refractivity contribution is 8.13. The number of allylic oxidation sites excluding steroid dienone is 1. The molecule has 0 spiro atoms. The van der Waals surface area contributed by atoms with Gasteiger partial charge in [-0.3, -0.25) is 9.59 Å². The minimum absolute atomic E-state index is 0.255. The first-order valence-electron chi connectivity index (χ1n) is 13.9. The van der Waals surface area contributed by atoms with Crippen molar-refractivity contribution in [3.8, 4) is 0 Å². The lowest BCUT2D eigenvalue weighted by Crippen LogP contribution is -2.29. The van der Waals surface area contributed by atoms with Crippen molar-refractivity contribution in [1.82, 2.24) is 4.90 Å². The average Bonchev–Trinajstić information content (AvgIpc) is 3.57. The molecule has 6 heteroatoms. The van der Waals surface area contributed by atoms with Gasteiger partial charge in [0.05, 0.1) is 12.2 Å². The second-order valence-corrected chi connectivity index (χ2v) is 10.3. The standard InChI is InChI=1S/C18H32O3.C10H21NOS/c1-2-3-10-13-16-17(21-16)14-11-8-6-4-5-7-9-12-15-18(19)20;1-4-7-11(8-5-2)10(12)13-9-6-3/h8,11,16-17H,2-7,9-10,12-15H2,1H3,(H,19,20);4-9H2,1-3H3/b11-8-;/t16-,17+;/m1./s1. The monoisotopic (exact) mass is 499 g/mol. The smallest absolute Gasteiger partial charge is 0.303 e. The molecule has 0 aromatic carbocycles. The molecule has 1 saturated heterocycles. The van der Waals surface area contributed by atoms with Crippen LogP contribution in [0, 0.1) is 0 Å². The molecular formula is C28H53NO4S. The molecule has 0 unspecified atom stereocenters. The molecule has 0 radical (unpaired) electrons. The first-order valence-corrected chi connectivity index (χ1v) is 14.9. The molecule has 2 atom stereocenters. The molecule has 200 valence electrons. The second-order valence-electron chi connectivity index (χ2n) is 9.22. The number of rotatable bonds is 20. The van der Waals surface area contributed by atoms with Gasteiger partial charge < -0.3 is 14.7 Å². The Hall–Kier alpha value is -1.01. The number of hydrogen-bond donors (Lipinski definition) is 1. The lowest BCUT2D eigenvalue weighted by Gasteiger charge is -2.20. The summed E-state index contributed by atoms with van der Waals surface area (Å²) in [5, 5.41) is 8.78. The number of aliphatic carboxylic acids is 1. The predicted octanol–water partition coefficient (Wildman–Crippen LogP) is 8.47. The first-order chi connectivity index (χ1) is 16.5. The maximum Gasteiger partial charge on any atom is 0.303 e. The van der Waals surface area contributed by atoms with Crippen LogP contribution in [-0.4, -0.2) is 52.3 Å². The third-order valence-electron chi connectivity index (χ3n) is 5.75. The molecule has 1 fully saturated rings. The van der Waals surface area contributed by atoms with E-state index in [0.29, 0.717) is 18.6 Å². The van der Waals surface area contributed by atoms with E-state index in [4.69, 9.17) is 9.84 Å². The van der Waals surface area contributed by atoms with Gasteiger partial charge in [0.15, 0.2) is 0 Å². The minimum Gasteiger partial charge on any atom is -0.481 e. The lowest BCUT2D eigenvalue weighted by atomic mass is 10.1. The Kier molecular flexibility index (Phi) is 23.0. The van der Waals surface area contributed by atoms with E-state index in [9.17, 15) is 9.59 Å². The summed E-state index contributed by atoms with van der Waals surface area (Å²) in [6.07, 6.45) is 21.9. The molecule has 1 aliphatic rings. The van der Waals surface area contributed by atoms with Crippen molar-refractivity contribution in [2.75, 3.05) is 18.8 Å². The Morgan fingerprint density at radius 3 is 2.12 bits per heavy atom. The number of nitrogens with zero attached hydrogens (tertiary/aromatic N) is 1. The van der Waals surface area contributed by atoms with Crippen LogP contribution >= 0.6 is 11.8 Å². The van der Waals surface area contributed by atoms with Crippen LogP contribution in [0.3, 0.4) is 0 Å². The van der Waals surface area contributed by atoms with Gasteiger partial charge in [0.1, 0.15) is 0 Å². The third kappa shape index (κ3) is 20.4. The van der Waals surface area contributed by atoms with Crippen LogP contribution in [0.15, 0.2) is 12.2 Å². The van der Waals surface area contributed by atoms with Gasteiger partial charge in [-0.2, -0.15) is 0 Å². The van der Waals surface area contributed by atoms with Gasteiger partial charge in [0, 0.05) is 25.3 Å². The number of hydrogen-bond acceptors (Lipinski definition) is 4. The third-order valence-corrected chi connectivity index (χ3v) is 6.87. The number of unbranched alkanes of at least 4 members (excludes halogenated alkanes) is 7. The molecule has 0 aliphatic carbocycles. The van der Waals surface area contributed by atoms with Crippen molar-refractivity contribution in [2.24, 2.45) is 0 Å². The zero-order chi connectivity index (χ0) is 25.4. The SMILES string of the molecule is CCCCC[C@H]1O[C@H]1C/C=C\CCCCCCCC(=O)O.CCCSC(=O)N(CCC)CCC. The van der Waals surface area contributed by atoms with E-state index in [1.54, 1.807) is 0 Å². The van der Waals surface area contributed by atoms with E-state index >= 15 is 0 Å². The number of carboxylic acids is 1. The summed E-state index contributed by atoms with van der Waals surface area (Å²) in [7, 11) is 0. The van der Waals surface area contributed by atoms with Gasteiger partial charge in [-0.05, 0) is 51.4 Å². The fraction of sp³-hybridized carbons (Fsp3) is 0.857.